The van der Waals surface area contributed by atoms with Crippen LogP contribution in [0.1, 0.15) is 27.0 Å². The van der Waals surface area contributed by atoms with Gasteiger partial charge < -0.3 is 15.1 Å². The first-order valence-electron chi connectivity index (χ1n) is 10.9. The Balaban J connectivity index is 1.58. The number of aryl methyl sites for hydroxylation is 1. The second-order valence-corrected chi connectivity index (χ2v) is 8.46. The van der Waals surface area contributed by atoms with E-state index in [1.54, 1.807) is 4.90 Å². The highest BCUT2D eigenvalue weighted by molar-refractivity contribution is 6.06. The number of nitroso groups, excluding NO2 is 1. The molecule has 4 aromatic rings. The van der Waals surface area contributed by atoms with Gasteiger partial charge in [0, 0.05) is 18.7 Å². The van der Waals surface area contributed by atoms with Crippen LogP contribution in [0.15, 0.2) is 84.0 Å². The number of phenolic OH excluding ortho intramolecular Hbond substituents is 2. The predicted molar refractivity (Wildman–Crippen MR) is 131 cm³/mol. The van der Waals surface area contributed by atoms with E-state index in [4.69, 9.17) is 0 Å². The van der Waals surface area contributed by atoms with Gasteiger partial charge in [0.05, 0.1) is 5.56 Å². The maximum absolute atomic E-state index is 13.2. The zero-order chi connectivity index (χ0) is 23.8. The van der Waals surface area contributed by atoms with Gasteiger partial charge in [0.25, 0.3) is 5.91 Å². The van der Waals surface area contributed by atoms with Crippen molar-refractivity contribution in [3.05, 3.63) is 106 Å². The summed E-state index contributed by atoms with van der Waals surface area (Å²) in [5.41, 5.74) is 5.30. The number of benzene rings is 4. The molecule has 0 unspecified atom stereocenters. The van der Waals surface area contributed by atoms with E-state index in [0.29, 0.717) is 23.2 Å². The predicted octanol–water partition coefficient (Wildman–Crippen LogP) is 6.29. The second kappa shape index (κ2) is 8.48. The summed E-state index contributed by atoms with van der Waals surface area (Å²) in [5, 5.41) is 24.2. The Kier molecular flexibility index (Phi) is 5.34. The van der Waals surface area contributed by atoms with Crippen molar-refractivity contribution in [2.45, 2.75) is 20.0 Å². The SMILES string of the molecule is Cc1ccc(CN2Cc3c(c(O)c(O)c(N=O)c3-c3ccc(-c4ccccc4)cc3)C2=O)cc1. The highest BCUT2D eigenvalue weighted by atomic mass is 16.3. The molecule has 6 heteroatoms. The Morgan fingerprint density at radius 1 is 0.794 bits per heavy atom. The summed E-state index contributed by atoms with van der Waals surface area (Å²) in [6, 6.07) is 25.2. The van der Waals surface area contributed by atoms with Gasteiger partial charge in [-0.25, -0.2) is 0 Å². The van der Waals surface area contributed by atoms with Crippen molar-refractivity contribution in [2.24, 2.45) is 5.18 Å². The van der Waals surface area contributed by atoms with Crippen molar-refractivity contribution in [2.75, 3.05) is 0 Å². The van der Waals surface area contributed by atoms with Gasteiger partial charge in [-0.2, -0.15) is 0 Å². The third-order valence-corrected chi connectivity index (χ3v) is 6.24. The smallest absolute Gasteiger partial charge is 0.258 e. The fourth-order valence-corrected chi connectivity index (χ4v) is 4.47. The molecule has 34 heavy (non-hydrogen) atoms. The fourth-order valence-electron chi connectivity index (χ4n) is 4.47. The lowest BCUT2D eigenvalue weighted by atomic mass is 9.92. The van der Waals surface area contributed by atoms with Gasteiger partial charge in [-0.3, -0.25) is 4.79 Å². The average Bonchev–Trinajstić information content (AvgIpc) is 3.19. The average molecular weight is 450 g/mol. The molecule has 1 aliphatic rings. The molecule has 0 fully saturated rings. The molecule has 0 atom stereocenters. The van der Waals surface area contributed by atoms with Gasteiger partial charge in [-0.1, -0.05) is 84.4 Å². The van der Waals surface area contributed by atoms with Crippen molar-refractivity contribution in [1.29, 1.82) is 0 Å². The van der Waals surface area contributed by atoms with Gasteiger partial charge in [0.2, 0.25) is 0 Å². The van der Waals surface area contributed by atoms with Crippen LogP contribution in [-0.2, 0) is 13.1 Å². The Bertz CT molecular complexity index is 1400. The minimum absolute atomic E-state index is 0.0131. The van der Waals surface area contributed by atoms with E-state index in [-0.39, 0.29) is 17.8 Å². The molecule has 2 N–H and O–H groups in total. The number of hydrogen-bond donors (Lipinski definition) is 2. The van der Waals surface area contributed by atoms with Crippen molar-refractivity contribution in [3.63, 3.8) is 0 Å². The summed E-state index contributed by atoms with van der Waals surface area (Å²) in [6.45, 7) is 2.52. The Morgan fingerprint density at radius 2 is 1.41 bits per heavy atom. The van der Waals surface area contributed by atoms with Crippen molar-refractivity contribution < 1.29 is 15.0 Å². The summed E-state index contributed by atoms with van der Waals surface area (Å²) >= 11 is 0. The maximum Gasteiger partial charge on any atom is 0.258 e. The Morgan fingerprint density at radius 3 is 2.06 bits per heavy atom. The number of phenols is 2. The summed E-state index contributed by atoms with van der Waals surface area (Å²) in [5.74, 6) is -1.69. The first-order valence-corrected chi connectivity index (χ1v) is 10.9. The van der Waals surface area contributed by atoms with E-state index in [9.17, 15) is 19.9 Å². The molecule has 1 aliphatic heterocycles. The molecule has 0 saturated heterocycles. The minimum Gasteiger partial charge on any atom is -0.504 e. The zero-order valence-electron chi connectivity index (χ0n) is 18.5. The highest BCUT2D eigenvalue weighted by Crippen LogP contribution is 2.51. The Hall–Kier alpha value is -4.45. The molecule has 0 saturated carbocycles. The van der Waals surface area contributed by atoms with Gasteiger partial charge >= 0.3 is 0 Å². The lowest BCUT2D eigenvalue weighted by Gasteiger charge is -2.16. The summed E-state index contributed by atoms with van der Waals surface area (Å²) < 4.78 is 0. The first-order chi connectivity index (χ1) is 16.5. The van der Waals surface area contributed by atoms with Crippen LogP contribution in [0.25, 0.3) is 22.3 Å². The van der Waals surface area contributed by atoms with Crippen molar-refractivity contribution in [3.8, 4) is 33.8 Å². The van der Waals surface area contributed by atoms with Gasteiger partial charge in [0.1, 0.15) is 0 Å². The van der Waals surface area contributed by atoms with E-state index in [0.717, 1.165) is 22.3 Å². The number of carbonyl (C=O) groups excluding carboxylic acids is 1. The fraction of sp³-hybridized carbons (Fsp3) is 0.107. The van der Waals surface area contributed by atoms with Crippen molar-refractivity contribution in [1.82, 2.24) is 4.90 Å². The van der Waals surface area contributed by atoms with E-state index in [1.165, 1.54) is 0 Å². The van der Waals surface area contributed by atoms with Crippen LogP contribution in [0.3, 0.4) is 0 Å². The van der Waals surface area contributed by atoms with Crippen LogP contribution in [0.4, 0.5) is 5.69 Å². The van der Waals surface area contributed by atoms with Gasteiger partial charge in [0.15, 0.2) is 17.2 Å². The summed E-state index contributed by atoms with van der Waals surface area (Å²) in [7, 11) is 0. The number of hydrogen-bond acceptors (Lipinski definition) is 5. The molecular weight excluding hydrogens is 428 g/mol. The van der Waals surface area contributed by atoms with Gasteiger partial charge in [-0.05, 0) is 39.9 Å². The monoisotopic (exact) mass is 450 g/mol. The molecule has 168 valence electrons. The Labute approximate surface area is 196 Å². The second-order valence-electron chi connectivity index (χ2n) is 8.46. The molecule has 6 nitrogen and oxygen atoms in total. The molecule has 1 heterocycles. The van der Waals surface area contributed by atoms with Gasteiger partial charge in [-0.15, -0.1) is 4.91 Å². The number of rotatable bonds is 5. The van der Waals surface area contributed by atoms with Crippen LogP contribution in [0, 0.1) is 11.8 Å². The third kappa shape index (κ3) is 3.59. The number of aromatic hydroxyl groups is 2. The first kappa shape index (κ1) is 21.4. The van der Waals surface area contributed by atoms with E-state index in [2.05, 4.69) is 5.18 Å². The van der Waals surface area contributed by atoms with Crippen LogP contribution in [-0.4, -0.2) is 21.0 Å². The number of carbonyl (C=O) groups is 1. The quantitative estimate of drug-likeness (QED) is 0.276. The maximum atomic E-state index is 13.2. The largest absolute Gasteiger partial charge is 0.504 e. The standard InChI is InChI=1S/C28H22N2O4/c1-17-7-9-18(10-8-17)15-30-16-22-23(25(29-34)27(32)26(31)24(22)28(30)33)21-13-11-20(12-14-21)19-5-3-2-4-6-19/h2-14,31-32H,15-16H2,1H3. The number of fused-ring (bicyclic) bond motifs is 1. The normalized spacial score (nSPS) is 12.6. The van der Waals surface area contributed by atoms with Crippen molar-refractivity contribution >= 4 is 11.6 Å². The van der Waals surface area contributed by atoms with Crippen LogP contribution < -0.4 is 0 Å². The lowest BCUT2D eigenvalue weighted by molar-refractivity contribution is 0.0764. The molecule has 0 spiro atoms. The van der Waals surface area contributed by atoms with E-state index < -0.39 is 17.4 Å². The number of nitrogens with zero attached hydrogens (tertiary/aromatic N) is 2. The van der Waals surface area contributed by atoms with Crippen LogP contribution >= 0.6 is 0 Å². The summed E-state index contributed by atoms with van der Waals surface area (Å²) in [6.07, 6.45) is 0. The molecule has 0 aliphatic carbocycles. The molecule has 1 amide bonds. The molecule has 5 rings (SSSR count). The third-order valence-electron chi connectivity index (χ3n) is 6.24. The molecular formula is C28H22N2O4. The van der Waals surface area contributed by atoms with Crippen LogP contribution in [0.2, 0.25) is 0 Å². The number of amides is 1. The molecule has 4 aromatic carbocycles. The van der Waals surface area contributed by atoms with E-state index in [1.807, 2.05) is 85.8 Å². The zero-order valence-corrected chi connectivity index (χ0v) is 18.5. The highest BCUT2D eigenvalue weighted by Gasteiger charge is 2.37. The minimum atomic E-state index is -0.679. The molecule has 0 aromatic heterocycles. The molecule has 0 bridgehead atoms. The molecule has 0 radical (unpaired) electrons. The van der Waals surface area contributed by atoms with Crippen LogP contribution in [0.5, 0.6) is 11.5 Å². The lowest BCUT2D eigenvalue weighted by Crippen LogP contribution is -2.23. The van der Waals surface area contributed by atoms with E-state index >= 15 is 0 Å². The topological polar surface area (TPSA) is 90.2 Å². The summed E-state index contributed by atoms with van der Waals surface area (Å²) in [4.78, 5) is 26.5.